The van der Waals surface area contributed by atoms with Crippen molar-refractivity contribution in [1.82, 2.24) is 5.32 Å². The molecule has 0 bridgehead atoms. The zero-order valence-corrected chi connectivity index (χ0v) is 16.8. The van der Waals surface area contributed by atoms with Crippen molar-refractivity contribution in [2.75, 3.05) is 13.7 Å². The molecular weight excluding hydrogens is 406 g/mol. The van der Waals surface area contributed by atoms with Crippen LogP contribution in [-0.4, -0.2) is 87.1 Å². The van der Waals surface area contributed by atoms with Gasteiger partial charge in [0, 0.05) is 13.3 Å². The maximum Gasteiger partial charge on any atom is 0.379 e. The minimum Gasteiger partial charge on any atom is -0.464 e. The van der Waals surface area contributed by atoms with E-state index >= 15 is 0 Å². The number of carbonyl (C=O) groups excluding carboxylic acids is 2. The van der Waals surface area contributed by atoms with Crippen molar-refractivity contribution < 1.29 is 44.2 Å². The Morgan fingerprint density at radius 3 is 2.69 bits per heavy atom. The Bertz CT molecular complexity index is 709. The Morgan fingerprint density at radius 1 is 1.45 bits per heavy atom. The number of esters is 1. The van der Waals surface area contributed by atoms with Crippen LogP contribution >= 0.6 is 12.2 Å². The largest absolute Gasteiger partial charge is 0.464 e. The summed E-state index contributed by atoms with van der Waals surface area (Å²) >= 11 is 5.22. The van der Waals surface area contributed by atoms with E-state index in [1.54, 1.807) is 12.2 Å². The van der Waals surface area contributed by atoms with Crippen LogP contribution in [0.1, 0.15) is 19.8 Å². The van der Waals surface area contributed by atoms with Gasteiger partial charge in [0.05, 0.1) is 37.1 Å². The average Bonchev–Trinajstić information content (AvgIpc) is 2.69. The number of aliphatic hydroxyl groups excluding tert-OH is 4. The molecule has 0 aromatic carbocycles. The van der Waals surface area contributed by atoms with Gasteiger partial charge in [0.25, 0.3) is 0 Å². The third-order valence-electron chi connectivity index (χ3n) is 4.59. The lowest BCUT2D eigenvalue weighted by molar-refractivity contribution is -0.299. The van der Waals surface area contributed by atoms with E-state index in [-0.39, 0.29) is 5.76 Å². The fraction of sp³-hybridized carbons (Fsp3) is 0.611. The monoisotopic (exact) mass is 431 g/mol. The number of methoxy groups -OCH3 is 1. The maximum atomic E-state index is 12.6. The number of thiocarbonyl (C=S) groups is 1. The predicted molar refractivity (Wildman–Crippen MR) is 102 cm³/mol. The summed E-state index contributed by atoms with van der Waals surface area (Å²) in [6.45, 7) is 0.366. The van der Waals surface area contributed by atoms with Crippen molar-refractivity contribution in [3.8, 4) is 0 Å². The van der Waals surface area contributed by atoms with Crippen LogP contribution in [0.3, 0.4) is 0 Å². The molecule has 0 saturated carbocycles. The van der Waals surface area contributed by atoms with Gasteiger partial charge in [-0.05, 0) is 6.08 Å². The fourth-order valence-electron chi connectivity index (χ4n) is 3.17. The van der Waals surface area contributed by atoms with Gasteiger partial charge < -0.3 is 40.0 Å². The fourth-order valence-corrected chi connectivity index (χ4v) is 3.38. The van der Waals surface area contributed by atoms with Gasteiger partial charge in [-0.2, -0.15) is 0 Å². The highest BCUT2D eigenvalue weighted by molar-refractivity contribution is 7.80. The highest BCUT2D eigenvalue weighted by atomic mass is 32.1. The molecule has 10 nitrogen and oxygen atoms in total. The van der Waals surface area contributed by atoms with E-state index in [4.69, 9.17) is 26.4 Å². The summed E-state index contributed by atoms with van der Waals surface area (Å²) in [5, 5.41) is 42.6. The maximum absolute atomic E-state index is 12.6. The van der Waals surface area contributed by atoms with Crippen LogP contribution in [0.2, 0.25) is 0 Å². The standard InChI is InChI=1S/C18H25NO9S/c1-9(21)19-14-10(22)7-18(17(25)26-2,27-12-5-3-4-6-13(12)29)28-16(14)15(24)11(23)8-20/h3-5,10-11,14-16,20,22-24H,6-8H2,1-2H3,(H,19,21)/t10-,11+,14+,15+,16+,18-/m0/s1. The predicted octanol–water partition coefficient (Wildman–Crippen LogP) is -1.55. The second kappa shape index (κ2) is 9.74. The first-order valence-electron chi connectivity index (χ1n) is 8.92. The first-order chi connectivity index (χ1) is 13.6. The molecule has 0 aromatic rings. The van der Waals surface area contributed by atoms with E-state index in [1.165, 1.54) is 13.0 Å². The van der Waals surface area contributed by atoms with Crippen molar-refractivity contribution in [3.63, 3.8) is 0 Å². The summed E-state index contributed by atoms with van der Waals surface area (Å²) in [4.78, 5) is 24.5. The third kappa shape index (κ3) is 5.18. The van der Waals surface area contributed by atoms with Gasteiger partial charge in [-0.25, -0.2) is 4.79 Å². The van der Waals surface area contributed by atoms with Gasteiger partial charge in [0.1, 0.15) is 24.1 Å². The lowest BCUT2D eigenvalue weighted by Crippen LogP contribution is -2.68. The molecule has 1 aliphatic carbocycles. The average molecular weight is 431 g/mol. The first kappa shape index (κ1) is 23.4. The van der Waals surface area contributed by atoms with Gasteiger partial charge in [0.15, 0.2) is 0 Å². The molecule has 0 unspecified atom stereocenters. The van der Waals surface area contributed by atoms with Crippen molar-refractivity contribution in [3.05, 3.63) is 24.0 Å². The summed E-state index contributed by atoms with van der Waals surface area (Å²) in [5.74, 6) is -3.60. The molecule has 6 atom stereocenters. The van der Waals surface area contributed by atoms with E-state index in [1.807, 2.05) is 0 Å². The molecule has 1 heterocycles. The zero-order chi connectivity index (χ0) is 21.8. The smallest absolute Gasteiger partial charge is 0.379 e. The molecule has 1 saturated heterocycles. The molecule has 0 spiro atoms. The molecule has 1 fully saturated rings. The van der Waals surface area contributed by atoms with Crippen LogP contribution in [0, 0.1) is 0 Å². The van der Waals surface area contributed by atoms with E-state index in [2.05, 4.69) is 5.32 Å². The minimum absolute atomic E-state index is 0.147. The van der Waals surface area contributed by atoms with Crippen LogP contribution in [-0.2, 0) is 23.8 Å². The Hall–Kier alpha value is -1.89. The van der Waals surface area contributed by atoms with E-state index in [0.29, 0.717) is 11.3 Å². The van der Waals surface area contributed by atoms with Gasteiger partial charge in [-0.15, -0.1) is 0 Å². The summed E-state index contributed by atoms with van der Waals surface area (Å²) in [5.41, 5.74) is 0. The molecular formula is C18H25NO9S. The van der Waals surface area contributed by atoms with Crippen LogP contribution in [0.5, 0.6) is 0 Å². The highest BCUT2D eigenvalue weighted by Crippen LogP contribution is 2.36. The topological polar surface area (TPSA) is 155 Å². The normalized spacial score (nSPS) is 31.4. The van der Waals surface area contributed by atoms with Crippen LogP contribution < -0.4 is 5.32 Å². The summed E-state index contributed by atoms with van der Waals surface area (Å²) in [6, 6.07) is -1.20. The van der Waals surface area contributed by atoms with E-state index in [0.717, 1.165) is 7.11 Å². The second-order valence-corrected chi connectivity index (χ2v) is 7.25. The Kier molecular flexibility index (Phi) is 7.86. The molecule has 11 heteroatoms. The molecule has 1 amide bonds. The molecule has 2 rings (SSSR count). The number of aliphatic hydroxyl groups is 4. The summed E-state index contributed by atoms with van der Waals surface area (Å²) in [6.07, 6.45) is -1.48. The molecule has 29 heavy (non-hydrogen) atoms. The van der Waals surface area contributed by atoms with Crippen molar-refractivity contribution in [1.29, 1.82) is 0 Å². The number of hydrogen-bond donors (Lipinski definition) is 5. The number of hydrogen-bond acceptors (Lipinski definition) is 10. The quantitative estimate of drug-likeness (QED) is 0.236. The Labute approximate surface area is 172 Å². The minimum atomic E-state index is -2.20. The Balaban J connectivity index is 2.44. The van der Waals surface area contributed by atoms with Crippen molar-refractivity contribution in [2.45, 2.75) is 56.0 Å². The van der Waals surface area contributed by atoms with Gasteiger partial charge >= 0.3 is 11.8 Å². The van der Waals surface area contributed by atoms with Crippen LogP contribution in [0.4, 0.5) is 0 Å². The van der Waals surface area contributed by atoms with Crippen molar-refractivity contribution in [2.24, 2.45) is 0 Å². The van der Waals surface area contributed by atoms with E-state index in [9.17, 15) is 30.0 Å². The molecule has 0 radical (unpaired) electrons. The SMILES string of the molecule is COC(=O)[C@]1(OC2=CC=CCC2=S)C[C@H](O)[C@@H](NC(C)=O)[C@H]([C@H](O)[C@H](O)CO)O1. The molecule has 162 valence electrons. The number of nitrogens with one attached hydrogen (secondary N) is 1. The first-order valence-corrected chi connectivity index (χ1v) is 9.33. The Morgan fingerprint density at radius 2 is 2.14 bits per heavy atom. The number of amides is 1. The number of rotatable bonds is 7. The lowest BCUT2D eigenvalue weighted by atomic mass is 9.88. The van der Waals surface area contributed by atoms with Crippen LogP contribution in [0.15, 0.2) is 24.0 Å². The van der Waals surface area contributed by atoms with E-state index < -0.39 is 61.1 Å². The number of carbonyl (C=O) groups is 2. The lowest BCUT2D eigenvalue weighted by Gasteiger charge is -2.47. The molecule has 2 aliphatic rings. The zero-order valence-electron chi connectivity index (χ0n) is 16.0. The highest BCUT2D eigenvalue weighted by Gasteiger charge is 2.57. The van der Waals surface area contributed by atoms with Gasteiger partial charge in [-0.1, -0.05) is 24.4 Å². The molecule has 0 aromatic heterocycles. The second-order valence-electron chi connectivity index (χ2n) is 6.75. The van der Waals surface area contributed by atoms with Gasteiger partial charge in [0.2, 0.25) is 5.91 Å². The van der Waals surface area contributed by atoms with Crippen molar-refractivity contribution >= 4 is 29.0 Å². The molecule has 5 N–H and O–H groups in total. The summed E-state index contributed by atoms with van der Waals surface area (Å²) in [7, 11) is 1.09. The van der Waals surface area contributed by atoms with Gasteiger partial charge in [-0.3, -0.25) is 4.79 Å². The van der Waals surface area contributed by atoms with Crippen LogP contribution in [0.25, 0.3) is 0 Å². The molecule has 1 aliphatic heterocycles. The number of allylic oxidation sites excluding steroid dienone is 4. The number of ether oxygens (including phenoxy) is 3. The third-order valence-corrected chi connectivity index (χ3v) is 4.96. The summed E-state index contributed by atoms with van der Waals surface area (Å²) < 4.78 is 16.3.